The molecule has 3 aromatic rings. The summed E-state index contributed by atoms with van der Waals surface area (Å²) in [5.74, 6) is 0.876. The van der Waals surface area contributed by atoms with Gasteiger partial charge in [-0.2, -0.15) is 0 Å². The molecule has 5 heteroatoms. The van der Waals surface area contributed by atoms with Gasteiger partial charge in [-0.05, 0) is 43.2 Å². The van der Waals surface area contributed by atoms with Gasteiger partial charge in [0, 0.05) is 18.7 Å². The first-order chi connectivity index (χ1) is 11.7. The normalized spacial score (nSPS) is 10.9. The Morgan fingerprint density at radius 1 is 1.12 bits per heavy atom. The molecule has 0 bridgehead atoms. The quantitative estimate of drug-likeness (QED) is 0.542. The summed E-state index contributed by atoms with van der Waals surface area (Å²) in [5, 5.41) is 0. The lowest BCUT2D eigenvalue weighted by Crippen LogP contribution is -2.37. The number of carbonyl (C=O) groups is 1. The molecular weight excluding hydrogens is 300 g/mol. The number of imidazole rings is 1. The Morgan fingerprint density at radius 3 is 2.62 bits per heavy atom. The molecule has 5 nitrogen and oxygen atoms in total. The Kier molecular flexibility index (Phi) is 4.91. The minimum Gasteiger partial charge on any atom is -0.324 e. The lowest BCUT2D eigenvalue weighted by Gasteiger charge is -2.09. The molecule has 2 aromatic carbocycles. The average molecular weight is 322 g/mol. The van der Waals surface area contributed by atoms with Crippen LogP contribution in [0.4, 0.5) is 0 Å². The fourth-order valence-corrected chi connectivity index (χ4v) is 2.68. The highest BCUT2D eigenvalue weighted by Gasteiger charge is 2.08. The van der Waals surface area contributed by atoms with Crippen LogP contribution in [0.5, 0.6) is 0 Å². The van der Waals surface area contributed by atoms with Gasteiger partial charge in [0.2, 0.25) is 0 Å². The predicted molar refractivity (Wildman–Crippen MR) is 95.8 cm³/mol. The van der Waals surface area contributed by atoms with Gasteiger partial charge in [0.15, 0.2) is 0 Å². The summed E-state index contributed by atoms with van der Waals surface area (Å²) in [6, 6.07) is 15.8. The van der Waals surface area contributed by atoms with Gasteiger partial charge in [-0.1, -0.05) is 31.2 Å². The second kappa shape index (κ2) is 7.27. The number of hydrogen-bond acceptors (Lipinski definition) is 3. The Morgan fingerprint density at radius 2 is 1.88 bits per heavy atom. The summed E-state index contributed by atoms with van der Waals surface area (Å²) in [4.78, 5) is 16.6. The Bertz CT molecular complexity index is 836. The van der Waals surface area contributed by atoms with Gasteiger partial charge < -0.3 is 4.57 Å². The number of fused-ring (bicyclic) bond motifs is 1. The van der Waals surface area contributed by atoms with Crippen LogP contribution in [0.15, 0.2) is 48.5 Å². The van der Waals surface area contributed by atoms with Crippen molar-refractivity contribution < 1.29 is 4.79 Å². The van der Waals surface area contributed by atoms with E-state index in [2.05, 4.69) is 33.4 Å². The van der Waals surface area contributed by atoms with Crippen LogP contribution >= 0.6 is 0 Å². The molecular formula is C19H22N4O. The van der Waals surface area contributed by atoms with E-state index in [1.54, 1.807) is 0 Å². The number of hydrogen-bond donors (Lipinski definition) is 2. The van der Waals surface area contributed by atoms with Crippen LogP contribution in [0.25, 0.3) is 11.0 Å². The minimum atomic E-state index is -0.112. The summed E-state index contributed by atoms with van der Waals surface area (Å²) in [5.41, 5.74) is 9.51. The zero-order valence-electron chi connectivity index (χ0n) is 14.0. The number of hydrazine groups is 1. The number of aromatic nitrogens is 2. The van der Waals surface area contributed by atoms with Crippen molar-refractivity contribution in [2.45, 2.75) is 26.8 Å². The Hall–Kier alpha value is -2.66. The third-order valence-electron chi connectivity index (χ3n) is 3.98. The fraction of sp³-hybridized carbons (Fsp3) is 0.263. The zero-order chi connectivity index (χ0) is 16.9. The van der Waals surface area contributed by atoms with E-state index < -0.39 is 0 Å². The summed E-state index contributed by atoms with van der Waals surface area (Å²) < 4.78 is 2.19. The number of para-hydroxylation sites is 2. The fourth-order valence-electron chi connectivity index (χ4n) is 2.68. The highest BCUT2D eigenvalue weighted by atomic mass is 16.2. The lowest BCUT2D eigenvalue weighted by molar-refractivity contribution is 0.0933. The molecule has 0 spiro atoms. The van der Waals surface area contributed by atoms with Crippen molar-refractivity contribution in [3.8, 4) is 0 Å². The van der Waals surface area contributed by atoms with Crippen molar-refractivity contribution in [3.05, 3.63) is 65.5 Å². The standard InChI is InChI=1S/C19H22N4O/c1-3-12-20-22-19(24)16-10-8-15(9-11-16)13-23-14(2)21-17-6-4-5-7-18(17)23/h4-11,20H,3,12-13H2,1-2H3,(H,22,24). The van der Waals surface area contributed by atoms with Crippen molar-refractivity contribution in [2.75, 3.05) is 6.54 Å². The maximum Gasteiger partial charge on any atom is 0.265 e. The number of rotatable bonds is 6. The van der Waals surface area contributed by atoms with Crippen LogP contribution in [0, 0.1) is 6.92 Å². The van der Waals surface area contributed by atoms with E-state index in [0.717, 1.165) is 41.9 Å². The van der Waals surface area contributed by atoms with Crippen LogP contribution in [0.2, 0.25) is 0 Å². The Labute approximate surface area is 141 Å². The number of aryl methyl sites for hydroxylation is 1. The molecule has 24 heavy (non-hydrogen) atoms. The summed E-state index contributed by atoms with van der Waals surface area (Å²) in [7, 11) is 0. The molecule has 1 heterocycles. The first-order valence-electron chi connectivity index (χ1n) is 8.23. The van der Waals surface area contributed by atoms with Gasteiger partial charge in [0.1, 0.15) is 5.82 Å². The summed E-state index contributed by atoms with van der Waals surface area (Å²) in [6.07, 6.45) is 0.970. The molecule has 0 aliphatic rings. The van der Waals surface area contributed by atoms with Gasteiger partial charge in [-0.15, -0.1) is 0 Å². The van der Waals surface area contributed by atoms with E-state index in [0.29, 0.717) is 5.56 Å². The van der Waals surface area contributed by atoms with Crippen molar-refractivity contribution in [1.82, 2.24) is 20.4 Å². The van der Waals surface area contributed by atoms with E-state index in [1.807, 2.05) is 49.4 Å². The van der Waals surface area contributed by atoms with Gasteiger partial charge in [0.25, 0.3) is 5.91 Å². The lowest BCUT2D eigenvalue weighted by atomic mass is 10.1. The first-order valence-corrected chi connectivity index (χ1v) is 8.23. The van der Waals surface area contributed by atoms with Crippen LogP contribution in [0.3, 0.4) is 0 Å². The summed E-state index contributed by atoms with van der Waals surface area (Å²) in [6.45, 7) is 5.57. The molecule has 3 rings (SSSR count). The largest absolute Gasteiger partial charge is 0.324 e. The van der Waals surface area contributed by atoms with Crippen LogP contribution in [-0.2, 0) is 6.54 Å². The molecule has 0 saturated carbocycles. The van der Waals surface area contributed by atoms with E-state index in [4.69, 9.17) is 0 Å². The van der Waals surface area contributed by atoms with Crippen LogP contribution in [-0.4, -0.2) is 22.0 Å². The molecule has 0 fully saturated rings. The topological polar surface area (TPSA) is 58.9 Å². The van der Waals surface area contributed by atoms with E-state index >= 15 is 0 Å². The first kappa shape index (κ1) is 16.2. The maximum absolute atomic E-state index is 12.0. The van der Waals surface area contributed by atoms with Gasteiger partial charge in [0.05, 0.1) is 11.0 Å². The van der Waals surface area contributed by atoms with Crippen molar-refractivity contribution in [3.63, 3.8) is 0 Å². The SMILES string of the molecule is CCCNNC(=O)c1ccc(Cn2c(C)nc3ccccc32)cc1. The van der Waals surface area contributed by atoms with Gasteiger partial charge >= 0.3 is 0 Å². The molecule has 0 radical (unpaired) electrons. The molecule has 1 aromatic heterocycles. The molecule has 0 saturated heterocycles. The number of amides is 1. The smallest absolute Gasteiger partial charge is 0.265 e. The van der Waals surface area contributed by atoms with Crippen molar-refractivity contribution in [1.29, 1.82) is 0 Å². The Balaban J connectivity index is 1.74. The molecule has 0 atom stereocenters. The zero-order valence-corrected chi connectivity index (χ0v) is 14.0. The van der Waals surface area contributed by atoms with E-state index in [1.165, 1.54) is 0 Å². The molecule has 0 aliphatic carbocycles. The number of nitrogens with one attached hydrogen (secondary N) is 2. The number of nitrogens with zero attached hydrogens (tertiary/aromatic N) is 2. The second-order valence-corrected chi connectivity index (χ2v) is 5.81. The van der Waals surface area contributed by atoms with Crippen molar-refractivity contribution in [2.24, 2.45) is 0 Å². The molecule has 0 unspecified atom stereocenters. The minimum absolute atomic E-state index is 0.112. The second-order valence-electron chi connectivity index (χ2n) is 5.81. The highest BCUT2D eigenvalue weighted by Crippen LogP contribution is 2.17. The average Bonchev–Trinajstić information content (AvgIpc) is 2.91. The summed E-state index contributed by atoms with van der Waals surface area (Å²) >= 11 is 0. The highest BCUT2D eigenvalue weighted by molar-refractivity contribution is 5.93. The maximum atomic E-state index is 12.0. The van der Waals surface area contributed by atoms with Crippen molar-refractivity contribution >= 4 is 16.9 Å². The third-order valence-corrected chi connectivity index (χ3v) is 3.98. The van der Waals surface area contributed by atoms with E-state index in [9.17, 15) is 4.79 Å². The molecule has 0 aliphatic heterocycles. The molecule has 2 N–H and O–H groups in total. The third kappa shape index (κ3) is 3.46. The number of carbonyl (C=O) groups excluding carboxylic acids is 1. The van der Waals surface area contributed by atoms with E-state index in [-0.39, 0.29) is 5.91 Å². The monoisotopic (exact) mass is 322 g/mol. The van der Waals surface area contributed by atoms with Gasteiger partial charge in [-0.3, -0.25) is 10.2 Å². The van der Waals surface area contributed by atoms with Gasteiger partial charge in [-0.25, -0.2) is 10.4 Å². The van der Waals surface area contributed by atoms with Crippen LogP contribution < -0.4 is 10.9 Å². The molecule has 124 valence electrons. The molecule has 1 amide bonds. The predicted octanol–water partition coefficient (Wildman–Crippen LogP) is 3.04. The van der Waals surface area contributed by atoms with Crippen LogP contribution in [0.1, 0.15) is 35.1 Å². The number of benzene rings is 2.